The Hall–Kier alpha value is -2.17. The molecule has 0 radical (unpaired) electrons. The van der Waals surface area contributed by atoms with Gasteiger partial charge in [0.25, 0.3) is 0 Å². The Labute approximate surface area is 132 Å². The van der Waals surface area contributed by atoms with Crippen molar-refractivity contribution in [3.05, 3.63) is 65.3 Å². The zero-order valence-electron chi connectivity index (χ0n) is 10.9. The van der Waals surface area contributed by atoms with Gasteiger partial charge in [-0.25, -0.2) is 0 Å². The zero-order valence-corrected chi connectivity index (χ0v) is 12.5. The molecule has 2 N–H and O–H groups in total. The maximum absolute atomic E-state index is 6.03. The predicted octanol–water partition coefficient (Wildman–Crippen LogP) is 4.31. The molecule has 21 heavy (non-hydrogen) atoms. The van der Waals surface area contributed by atoms with Gasteiger partial charge in [-0.05, 0) is 36.4 Å². The van der Waals surface area contributed by atoms with E-state index in [1.165, 1.54) is 0 Å². The van der Waals surface area contributed by atoms with Crippen LogP contribution in [0.3, 0.4) is 0 Å². The Morgan fingerprint density at radius 3 is 2.76 bits per heavy atom. The quantitative estimate of drug-likeness (QED) is 0.732. The van der Waals surface area contributed by atoms with Gasteiger partial charge in [-0.1, -0.05) is 29.9 Å². The standard InChI is InChI=1S/C16H11ClN2OS/c17-10-6-7-12(16(18)21)15(9-10)20-14-5-1-4-13-11(14)3-2-8-19-13/h1-9H,(H2,18,21). The molecule has 0 aliphatic carbocycles. The lowest BCUT2D eigenvalue weighted by Gasteiger charge is -2.12. The van der Waals surface area contributed by atoms with Crippen LogP contribution in [0.25, 0.3) is 10.9 Å². The summed E-state index contributed by atoms with van der Waals surface area (Å²) in [6.07, 6.45) is 1.74. The van der Waals surface area contributed by atoms with Crippen LogP contribution < -0.4 is 10.5 Å². The van der Waals surface area contributed by atoms with Gasteiger partial charge in [0.2, 0.25) is 0 Å². The van der Waals surface area contributed by atoms with Crippen molar-refractivity contribution in [1.29, 1.82) is 0 Å². The van der Waals surface area contributed by atoms with Gasteiger partial charge in [0.1, 0.15) is 16.5 Å². The van der Waals surface area contributed by atoms with E-state index < -0.39 is 0 Å². The summed E-state index contributed by atoms with van der Waals surface area (Å²) in [5.74, 6) is 1.21. The number of nitrogens with two attached hydrogens (primary N) is 1. The van der Waals surface area contributed by atoms with Gasteiger partial charge in [0.15, 0.2) is 0 Å². The highest BCUT2D eigenvalue weighted by atomic mass is 35.5. The molecule has 0 fully saturated rings. The second kappa shape index (κ2) is 5.68. The first-order valence-electron chi connectivity index (χ1n) is 6.26. The molecule has 0 atom stereocenters. The number of pyridine rings is 1. The van der Waals surface area contributed by atoms with Crippen molar-refractivity contribution >= 4 is 39.7 Å². The summed E-state index contributed by atoms with van der Waals surface area (Å²) in [4.78, 5) is 4.57. The van der Waals surface area contributed by atoms with Crippen LogP contribution in [0.1, 0.15) is 5.56 Å². The lowest BCUT2D eigenvalue weighted by molar-refractivity contribution is 0.487. The van der Waals surface area contributed by atoms with E-state index in [2.05, 4.69) is 4.98 Å². The van der Waals surface area contributed by atoms with E-state index in [0.717, 1.165) is 10.9 Å². The van der Waals surface area contributed by atoms with Gasteiger partial charge < -0.3 is 10.5 Å². The number of hydrogen-bond donors (Lipinski definition) is 1. The van der Waals surface area contributed by atoms with Crippen LogP contribution in [0.4, 0.5) is 0 Å². The van der Waals surface area contributed by atoms with E-state index >= 15 is 0 Å². The average molecular weight is 315 g/mol. The molecule has 1 heterocycles. The van der Waals surface area contributed by atoms with Crippen LogP contribution in [-0.4, -0.2) is 9.97 Å². The fourth-order valence-corrected chi connectivity index (χ4v) is 2.40. The number of benzene rings is 2. The monoisotopic (exact) mass is 314 g/mol. The van der Waals surface area contributed by atoms with Gasteiger partial charge >= 0.3 is 0 Å². The predicted molar refractivity (Wildman–Crippen MR) is 89.2 cm³/mol. The summed E-state index contributed by atoms with van der Waals surface area (Å²) in [6, 6.07) is 14.7. The molecule has 0 saturated carbocycles. The molecule has 0 aliphatic heterocycles. The van der Waals surface area contributed by atoms with E-state index in [1.807, 2.05) is 30.3 Å². The molecule has 1 aromatic heterocycles. The second-order valence-electron chi connectivity index (χ2n) is 4.43. The topological polar surface area (TPSA) is 48.1 Å². The van der Waals surface area contributed by atoms with Crippen LogP contribution in [0.2, 0.25) is 5.02 Å². The van der Waals surface area contributed by atoms with Gasteiger partial charge in [-0.2, -0.15) is 0 Å². The molecule has 2 aromatic carbocycles. The summed E-state index contributed by atoms with van der Waals surface area (Å²) in [5.41, 5.74) is 7.23. The van der Waals surface area contributed by atoms with Gasteiger partial charge in [-0.15, -0.1) is 0 Å². The zero-order chi connectivity index (χ0) is 14.8. The Bertz CT molecular complexity index is 830. The molecular formula is C16H11ClN2OS. The molecular weight excluding hydrogens is 304 g/mol. The summed E-state index contributed by atoms with van der Waals surface area (Å²) in [5, 5.41) is 1.47. The third kappa shape index (κ3) is 2.82. The molecule has 0 amide bonds. The van der Waals surface area contributed by atoms with Crippen LogP contribution in [0, 0.1) is 0 Å². The number of halogens is 1. The highest BCUT2D eigenvalue weighted by molar-refractivity contribution is 7.80. The molecule has 0 bridgehead atoms. The minimum atomic E-state index is 0.264. The molecule has 104 valence electrons. The molecule has 0 saturated heterocycles. The molecule has 5 heteroatoms. The van der Waals surface area contributed by atoms with Gasteiger partial charge in [0.05, 0.1) is 11.1 Å². The first-order valence-corrected chi connectivity index (χ1v) is 7.05. The van der Waals surface area contributed by atoms with Crippen molar-refractivity contribution in [2.24, 2.45) is 5.73 Å². The first kappa shape index (κ1) is 13.8. The third-order valence-corrected chi connectivity index (χ3v) is 3.49. The highest BCUT2D eigenvalue weighted by Gasteiger charge is 2.10. The molecule has 0 spiro atoms. The minimum absolute atomic E-state index is 0.264. The smallest absolute Gasteiger partial charge is 0.139 e. The van der Waals surface area contributed by atoms with Gasteiger partial charge in [-0.3, -0.25) is 4.98 Å². The largest absolute Gasteiger partial charge is 0.456 e. The number of thiocarbonyl (C=S) groups is 1. The SMILES string of the molecule is NC(=S)c1ccc(Cl)cc1Oc1cccc2ncccc12. The van der Waals surface area contributed by atoms with E-state index in [9.17, 15) is 0 Å². The molecule has 0 aliphatic rings. The summed E-state index contributed by atoms with van der Waals surface area (Å²) < 4.78 is 5.97. The number of ether oxygens (including phenoxy) is 1. The van der Waals surface area contributed by atoms with Crippen molar-refractivity contribution in [3.8, 4) is 11.5 Å². The normalized spacial score (nSPS) is 10.5. The Morgan fingerprint density at radius 2 is 1.95 bits per heavy atom. The summed E-state index contributed by atoms with van der Waals surface area (Å²) >= 11 is 11.1. The van der Waals surface area contributed by atoms with Crippen LogP contribution in [0.15, 0.2) is 54.7 Å². The van der Waals surface area contributed by atoms with Crippen molar-refractivity contribution < 1.29 is 4.74 Å². The molecule has 3 nitrogen and oxygen atoms in total. The lowest BCUT2D eigenvalue weighted by atomic mass is 10.2. The number of nitrogens with zero attached hydrogens (tertiary/aromatic N) is 1. The van der Waals surface area contributed by atoms with E-state index in [4.69, 9.17) is 34.3 Å². The van der Waals surface area contributed by atoms with Crippen molar-refractivity contribution in [2.45, 2.75) is 0 Å². The molecule has 0 unspecified atom stereocenters. The number of fused-ring (bicyclic) bond motifs is 1. The fourth-order valence-electron chi connectivity index (χ4n) is 2.07. The second-order valence-corrected chi connectivity index (χ2v) is 5.31. The Kier molecular flexibility index (Phi) is 3.73. The minimum Gasteiger partial charge on any atom is -0.456 e. The van der Waals surface area contributed by atoms with Crippen LogP contribution in [-0.2, 0) is 0 Å². The van der Waals surface area contributed by atoms with Crippen molar-refractivity contribution in [1.82, 2.24) is 4.98 Å². The maximum atomic E-state index is 6.03. The van der Waals surface area contributed by atoms with Crippen molar-refractivity contribution in [2.75, 3.05) is 0 Å². The Morgan fingerprint density at radius 1 is 1.10 bits per heavy atom. The molecule has 3 rings (SSSR count). The average Bonchev–Trinajstić information content (AvgIpc) is 2.47. The highest BCUT2D eigenvalue weighted by Crippen LogP contribution is 2.32. The number of hydrogen-bond acceptors (Lipinski definition) is 3. The van der Waals surface area contributed by atoms with Crippen LogP contribution >= 0.6 is 23.8 Å². The lowest BCUT2D eigenvalue weighted by Crippen LogP contribution is -2.10. The summed E-state index contributed by atoms with van der Waals surface area (Å²) in [7, 11) is 0. The molecule has 3 aromatic rings. The van der Waals surface area contributed by atoms with E-state index in [0.29, 0.717) is 22.1 Å². The van der Waals surface area contributed by atoms with E-state index in [1.54, 1.807) is 24.4 Å². The van der Waals surface area contributed by atoms with Gasteiger partial charge in [0, 0.05) is 22.7 Å². The number of aromatic nitrogens is 1. The fraction of sp³-hybridized carbons (Fsp3) is 0. The van der Waals surface area contributed by atoms with E-state index in [-0.39, 0.29) is 4.99 Å². The maximum Gasteiger partial charge on any atom is 0.139 e. The first-order chi connectivity index (χ1) is 10.1. The van der Waals surface area contributed by atoms with Crippen molar-refractivity contribution in [3.63, 3.8) is 0 Å². The number of rotatable bonds is 3. The van der Waals surface area contributed by atoms with Crippen LogP contribution in [0.5, 0.6) is 11.5 Å². The summed E-state index contributed by atoms with van der Waals surface area (Å²) in [6.45, 7) is 0. The Balaban J connectivity index is 2.11. The third-order valence-electron chi connectivity index (χ3n) is 3.03.